The van der Waals surface area contributed by atoms with Crippen LogP contribution >= 0.6 is 0 Å². The molecule has 3 aliphatic rings. The Hall–Kier alpha value is -0.380. The van der Waals surface area contributed by atoms with E-state index >= 15 is 0 Å². The van der Waals surface area contributed by atoms with Gasteiger partial charge in [0.25, 0.3) is 0 Å². The number of fused-ring (bicyclic) bond motifs is 1. The van der Waals surface area contributed by atoms with E-state index in [1.54, 1.807) is 0 Å². The fourth-order valence-corrected chi connectivity index (χ4v) is 3.86. The van der Waals surface area contributed by atoms with E-state index in [1.165, 1.54) is 12.8 Å². The van der Waals surface area contributed by atoms with Crippen molar-refractivity contribution in [2.45, 2.75) is 56.8 Å². The summed E-state index contributed by atoms with van der Waals surface area (Å²) in [7, 11) is 0. The Morgan fingerprint density at radius 2 is 1.76 bits per heavy atom. The third-order valence-corrected chi connectivity index (χ3v) is 4.79. The summed E-state index contributed by atoms with van der Waals surface area (Å²) in [6, 6.07) is 0. The molecule has 17 heavy (non-hydrogen) atoms. The van der Waals surface area contributed by atoms with Crippen LogP contribution in [0.5, 0.6) is 0 Å². The number of hydrogen-bond donors (Lipinski definition) is 1. The predicted molar refractivity (Wildman–Crippen MR) is 64.5 cm³/mol. The highest BCUT2D eigenvalue weighted by atomic mass is 16.7. The van der Waals surface area contributed by atoms with Gasteiger partial charge in [0.15, 0.2) is 5.79 Å². The van der Waals surface area contributed by atoms with Crippen LogP contribution in [0.15, 0.2) is 12.2 Å². The van der Waals surface area contributed by atoms with Crippen LogP contribution in [0.3, 0.4) is 0 Å². The van der Waals surface area contributed by atoms with Gasteiger partial charge in [-0.1, -0.05) is 25.0 Å². The lowest BCUT2D eigenvalue weighted by Crippen LogP contribution is -2.56. The summed E-state index contributed by atoms with van der Waals surface area (Å²) >= 11 is 0. The van der Waals surface area contributed by atoms with E-state index in [9.17, 15) is 5.11 Å². The molecule has 0 aromatic rings. The summed E-state index contributed by atoms with van der Waals surface area (Å²) in [5.41, 5.74) is -0.200. The van der Waals surface area contributed by atoms with E-state index in [-0.39, 0.29) is 11.5 Å². The first kappa shape index (κ1) is 11.7. The standard InChI is InChI=1S/C14H22O3/c15-12-6-2-5-8-13(12)7-3-1-4-9-14(13)16-10-11-17-14/h2,5,12,15H,1,3-4,6-11H2/t12-,13+/m1/s1. The second-order valence-corrected chi connectivity index (χ2v) is 5.59. The van der Waals surface area contributed by atoms with Crippen molar-refractivity contribution < 1.29 is 14.6 Å². The van der Waals surface area contributed by atoms with E-state index in [1.807, 2.05) is 0 Å². The topological polar surface area (TPSA) is 38.7 Å². The lowest BCUT2D eigenvalue weighted by molar-refractivity contribution is -0.268. The van der Waals surface area contributed by atoms with Crippen molar-refractivity contribution in [1.29, 1.82) is 0 Å². The number of aliphatic hydroxyl groups excluding tert-OH is 1. The third-order valence-electron chi connectivity index (χ3n) is 4.79. The van der Waals surface area contributed by atoms with Crippen molar-refractivity contribution in [2.24, 2.45) is 5.41 Å². The normalized spacial score (nSPS) is 40.9. The van der Waals surface area contributed by atoms with Crippen LogP contribution in [0.25, 0.3) is 0 Å². The summed E-state index contributed by atoms with van der Waals surface area (Å²) in [5.74, 6) is -0.506. The Bertz CT molecular complexity index is 307. The molecule has 0 bridgehead atoms. The van der Waals surface area contributed by atoms with E-state index in [0.29, 0.717) is 13.2 Å². The van der Waals surface area contributed by atoms with Crippen LogP contribution in [-0.2, 0) is 9.47 Å². The van der Waals surface area contributed by atoms with Crippen molar-refractivity contribution in [1.82, 2.24) is 0 Å². The molecule has 0 unspecified atom stereocenters. The molecule has 2 aliphatic carbocycles. The molecule has 3 heteroatoms. The molecule has 1 saturated heterocycles. The second kappa shape index (κ2) is 4.38. The molecule has 2 fully saturated rings. The number of ether oxygens (including phenoxy) is 2. The van der Waals surface area contributed by atoms with E-state index in [0.717, 1.165) is 32.1 Å². The van der Waals surface area contributed by atoms with Gasteiger partial charge in [0.2, 0.25) is 0 Å². The maximum atomic E-state index is 10.5. The molecule has 3 nitrogen and oxygen atoms in total. The Balaban J connectivity index is 1.99. The average molecular weight is 238 g/mol. The Kier molecular flexibility index (Phi) is 3.01. The molecule has 3 rings (SSSR count). The average Bonchev–Trinajstić information content (AvgIpc) is 2.73. The maximum Gasteiger partial charge on any atom is 0.176 e. The van der Waals surface area contributed by atoms with E-state index in [2.05, 4.69) is 12.2 Å². The molecule has 0 amide bonds. The van der Waals surface area contributed by atoms with E-state index < -0.39 is 5.79 Å². The third kappa shape index (κ3) is 1.67. The first-order chi connectivity index (χ1) is 8.29. The van der Waals surface area contributed by atoms with Crippen molar-refractivity contribution in [3.63, 3.8) is 0 Å². The highest BCUT2D eigenvalue weighted by Gasteiger charge is 2.59. The lowest BCUT2D eigenvalue weighted by Gasteiger charge is -2.49. The summed E-state index contributed by atoms with van der Waals surface area (Å²) in [5, 5.41) is 10.5. The van der Waals surface area contributed by atoms with Crippen LogP contribution in [0, 0.1) is 5.41 Å². The fraction of sp³-hybridized carbons (Fsp3) is 0.857. The number of rotatable bonds is 0. The van der Waals surface area contributed by atoms with Gasteiger partial charge in [0.05, 0.1) is 24.7 Å². The quantitative estimate of drug-likeness (QED) is 0.659. The minimum absolute atomic E-state index is 0.200. The Labute approximate surface area is 103 Å². The number of hydrogen-bond acceptors (Lipinski definition) is 3. The molecule has 1 aliphatic heterocycles. The second-order valence-electron chi connectivity index (χ2n) is 5.59. The van der Waals surface area contributed by atoms with Gasteiger partial charge in [-0.2, -0.15) is 0 Å². The Morgan fingerprint density at radius 1 is 1.00 bits per heavy atom. The van der Waals surface area contributed by atoms with E-state index in [4.69, 9.17) is 9.47 Å². The highest BCUT2D eigenvalue weighted by Crippen LogP contribution is 2.54. The summed E-state index contributed by atoms with van der Waals surface area (Å²) in [6.07, 6.45) is 11.1. The SMILES string of the molecule is O[C@@H]1CC=CC[C@@]12CCCCCC21OCCO1. The zero-order chi connectivity index (χ0) is 11.8. The van der Waals surface area contributed by atoms with Gasteiger partial charge in [0.1, 0.15) is 0 Å². The molecule has 1 saturated carbocycles. The van der Waals surface area contributed by atoms with Crippen molar-refractivity contribution >= 4 is 0 Å². The van der Waals surface area contributed by atoms with Gasteiger partial charge < -0.3 is 14.6 Å². The van der Waals surface area contributed by atoms with Gasteiger partial charge in [-0.3, -0.25) is 0 Å². The van der Waals surface area contributed by atoms with Gasteiger partial charge in [-0.05, 0) is 25.7 Å². The van der Waals surface area contributed by atoms with Gasteiger partial charge in [0, 0.05) is 6.42 Å². The van der Waals surface area contributed by atoms with Crippen molar-refractivity contribution in [2.75, 3.05) is 13.2 Å². The molecular formula is C14H22O3. The largest absolute Gasteiger partial charge is 0.392 e. The monoisotopic (exact) mass is 238 g/mol. The zero-order valence-corrected chi connectivity index (χ0v) is 10.4. The van der Waals surface area contributed by atoms with Crippen molar-refractivity contribution in [3.8, 4) is 0 Å². The number of allylic oxidation sites excluding steroid dienone is 1. The molecule has 2 atom stereocenters. The summed E-state index contributed by atoms with van der Waals surface area (Å²) < 4.78 is 12.0. The van der Waals surface area contributed by atoms with Gasteiger partial charge in [-0.25, -0.2) is 0 Å². The fourth-order valence-electron chi connectivity index (χ4n) is 3.86. The number of aliphatic hydroxyl groups is 1. The van der Waals surface area contributed by atoms with Crippen LogP contribution in [0.2, 0.25) is 0 Å². The van der Waals surface area contributed by atoms with Crippen LogP contribution in [0.1, 0.15) is 44.9 Å². The molecule has 96 valence electrons. The molecule has 2 spiro atoms. The minimum Gasteiger partial charge on any atom is -0.392 e. The van der Waals surface area contributed by atoms with Crippen LogP contribution in [-0.4, -0.2) is 30.2 Å². The Morgan fingerprint density at radius 3 is 2.53 bits per heavy atom. The predicted octanol–water partition coefficient (Wildman–Crippen LogP) is 2.39. The highest BCUT2D eigenvalue weighted by molar-refractivity contribution is 5.10. The van der Waals surface area contributed by atoms with Crippen molar-refractivity contribution in [3.05, 3.63) is 12.2 Å². The zero-order valence-electron chi connectivity index (χ0n) is 10.4. The van der Waals surface area contributed by atoms with Crippen LogP contribution < -0.4 is 0 Å². The molecule has 0 aromatic carbocycles. The molecule has 1 N–H and O–H groups in total. The first-order valence-electron chi connectivity index (χ1n) is 6.90. The summed E-state index contributed by atoms with van der Waals surface area (Å²) in [4.78, 5) is 0. The maximum absolute atomic E-state index is 10.5. The molecule has 0 aromatic heterocycles. The van der Waals surface area contributed by atoms with Gasteiger partial charge >= 0.3 is 0 Å². The first-order valence-corrected chi connectivity index (χ1v) is 6.90. The summed E-state index contributed by atoms with van der Waals surface area (Å²) in [6.45, 7) is 1.36. The van der Waals surface area contributed by atoms with Gasteiger partial charge in [-0.15, -0.1) is 0 Å². The van der Waals surface area contributed by atoms with Crippen LogP contribution in [0.4, 0.5) is 0 Å². The molecular weight excluding hydrogens is 216 g/mol. The smallest absolute Gasteiger partial charge is 0.176 e. The molecule has 0 radical (unpaired) electrons. The minimum atomic E-state index is -0.506. The lowest BCUT2D eigenvalue weighted by atomic mass is 9.65. The molecule has 1 heterocycles.